The minimum atomic E-state index is -3.75. The number of rotatable bonds is 7. The molecule has 1 fully saturated rings. The third kappa shape index (κ3) is 3.69. The van der Waals surface area contributed by atoms with Crippen LogP contribution in [0.3, 0.4) is 0 Å². The third-order valence-corrected chi connectivity index (χ3v) is 6.87. The average Bonchev–Trinajstić information content (AvgIpc) is 3.30. The summed E-state index contributed by atoms with van der Waals surface area (Å²) in [7, 11) is -3.75. The van der Waals surface area contributed by atoms with Crippen molar-refractivity contribution in [1.29, 1.82) is 0 Å². The quantitative estimate of drug-likeness (QED) is 0.775. The molecule has 0 bridgehead atoms. The zero-order valence-corrected chi connectivity index (χ0v) is 14.5. The summed E-state index contributed by atoms with van der Waals surface area (Å²) in [4.78, 5) is 13.1. The molecule has 7 nitrogen and oxygen atoms in total. The van der Waals surface area contributed by atoms with E-state index in [1.54, 1.807) is 12.3 Å². The van der Waals surface area contributed by atoms with Gasteiger partial charge in [-0.1, -0.05) is 0 Å². The van der Waals surface area contributed by atoms with Gasteiger partial charge < -0.3 is 9.52 Å². The maximum atomic E-state index is 12.4. The fourth-order valence-electron chi connectivity index (χ4n) is 2.77. The Morgan fingerprint density at radius 1 is 1.42 bits per heavy atom. The van der Waals surface area contributed by atoms with Gasteiger partial charge in [-0.3, -0.25) is 4.90 Å². The first-order valence-corrected chi connectivity index (χ1v) is 9.92. The third-order valence-electron chi connectivity index (χ3n) is 4.01. The lowest BCUT2D eigenvalue weighted by molar-refractivity contribution is 0.0697. The lowest BCUT2D eigenvalue weighted by Crippen LogP contribution is -2.36. The zero-order chi connectivity index (χ0) is 17.2. The second-order valence-electron chi connectivity index (χ2n) is 5.59. The van der Waals surface area contributed by atoms with E-state index in [0.29, 0.717) is 0 Å². The lowest BCUT2D eigenvalue weighted by atomic mass is 10.2. The predicted molar refractivity (Wildman–Crippen MR) is 88.7 cm³/mol. The Balaban J connectivity index is 1.74. The molecule has 0 amide bonds. The minimum absolute atomic E-state index is 0.000447. The molecule has 1 unspecified atom stereocenters. The van der Waals surface area contributed by atoms with Gasteiger partial charge in [-0.25, -0.2) is 17.9 Å². The standard InChI is InChI=1S/C15H18N2O5S2/c18-15(19)11-8-14(23-10-11)24(20,21)16-9-12(13-4-3-7-22-13)17-5-1-2-6-17/h3-4,7-8,10,12,16H,1-2,5-6,9H2,(H,18,19). The molecule has 2 aromatic rings. The molecule has 0 spiro atoms. The van der Waals surface area contributed by atoms with Crippen LogP contribution in [0.15, 0.2) is 38.5 Å². The number of nitrogens with one attached hydrogen (secondary N) is 1. The molecule has 24 heavy (non-hydrogen) atoms. The van der Waals surface area contributed by atoms with Gasteiger partial charge in [0.05, 0.1) is 17.9 Å². The van der Waals surface area contributed by atoms with E-state index in [1.165, 1.54) is 11.4 Å². The van der Waals surface area contributed by atoms with Gasteiger partial charge in [0.1, 0.15) is 9.97 Å². The first-order chi connectivity index (χ1) is 11.5. The van der Waals surface area contributed by atoms with Gasteiger partial charge in [0.2, 0.25) is 10.0 Å². The smallest absolute Gasteiger partial charge is 0.336 e. The molecule has 1 saturated heterocycles. The number of nitrogens with zero attached hydrogens (tertiary/aromatic N) is 1. The summed E-state index contributed by atoms with van der Waals surface area (Å²) >= 11 is 0.898. The van der Waals surface area contributed by atoms with E-state index in [4.69, 9.17) is 9.52 Å². The molecular weight excluding hydrogens is 352 g/mol. The molecule has 2 aromatic heterocycles. The highest BCUT2D eigenvalue weighted by molar-refractivity contribution is 7.91. The summed E-state index contributed by atoms with van der Waals surface area (Å²) < 4.78 is 32.9. The Morgan fingerprint density at radius 3 is 2.75 bits per heavy atom. The largest absolute Gasteiger partial charge is 0.478 e. The van der Waals surface area contributed by atoms with Crippen molar-refractivity contribution in [1.82, 2.24) is 9.62 Å². The molecule has 3 heterocycles. The maximum Gasteiger partial charge on any atom is 0.336 e. The van der Waals surface area contributed by atoms with Crippen LogP contribution in [0, 0.1) is 0 Å². The van der Waals surface area contributed by atoms with Gasteiger partial charge in [-0.15, -0.1) is 11.3 Å². The van der Waals surface area contributed by atoms with Crippen molar-refractivity contribution in [3.63, 3.8) is 0 Å². The first kappa shape index (κ1) is 17.2. The highest BCUT2D eigenvalue weighted by Crippen LogP contribution is 2.26. The van der Waals surface area contributed by atoms with Crippen molar-refractivity contribution in [2.75, 3.05) is 19.6 Å². The monoisotopic (exact) mass is 370 g/mol. The summed E-state index contributed by atoms with van der Waals surface area (Å²) in [5.74, 6) is -0.421. The Hall–Kier alpha value is -1.68. The number of aromatic carboxylic acids is 1. The van der Waals surface area contributed by atoms with Crippen molar-refractivity contribution in [2.45, 2.75) is 23.1 Å². The number of hydrogen-bond donors (Lipinski definition) is 2. The fourth-order valence-corrected chi connectivity index (χ4v) is 5.01. The zero-order valence-electron chi connectivity index (χ0n) is 12.8. The van der Waals surface area contributed by atoms with E-state index in [0.717, 1.165) is 43.0 Å². The van der Waals surface area contributed by atoms with Crippen molar-refractivity contribution in [3.05, 3.63) is 41.2 Å². The van der Waals surface area contributed by atoms with E-state index in [-0.39, 0.29) is 22.4 Å². The van der Waals surface area contributed by atoms with E-state index in [2.05, 4.69) is 9.62 Å². The fraction of sp³-hybridized carbons (Fsp3) is 0.400. The van der Waals surface area contributed by atoms with Gasteiger partial charge in [-0.2, -0.15) is 0 Å². The second kappa shape index (κ2) is 7.06. The van der Waals surface area contributed by atoms with Crippen LogP contribution < -0.4 is 4.72 Å². The van der Waals surface area contributed by atoms with Crippen LogP contribution in [0.4, 0.5) is 0 Å². The summed E-state index contributed by atoms with van der Waals surface area (Å²) in [5.41, 5.74) is -0.0255. The molecular formula is C15H18N2O5S2. The Morgan fingerprint density at radius 2 is 2.17 bits per heavy atom. The Bertz CT molecular complexity index is 792. The number of hydrogen-bond acceptors (Lipinski definition) is 6. The molecule has 1 aliphatic heterocycles. The summed E-state index contributed by atoms with van der Waals surface area (Å²) in [6, 6.07) is 4.62. The molecule has 9 heteroatoms. The minimum Gasteiger partial charge on any atom is -0.478 e. The molecule has 0 aliphatic carbocycles. The van der Waals surface area contributed by atoms with Gasteiger partial charge in [0.15, 0.2) is 0 Å². The Kier molecular flexibility index (Phi) is 5.04. The van der Waals surface area contributed by atoms with Crippen LogP contribution in [0.2, 0.25) is 0 Å². The lowest BCUT2D eigenvalue weighted by Gasteiger charge is -2.25. The molecule has 3 rings (SSSR count). The van der Waals surface area contributed by atoms with Crippen LogP contribution in [-0.2, 0) is 10.0 Å². The van der Waals surface area contributed by atoms with E-state index >= 15 is 0 Å². The van der Waals surface area contributed by atoms with Crippen LogP contribution in [0.5, 0.6) is 0 Å². The molecule has 1 aliphatic rings. The van der Waals surface area contributed by atoms with Gasteiger partial charge >= 0.3 is 5.97 Å². The predicted octanol–water partition coefficient (Wildman–Crippen LogP) is 2.15. The van der Waals surface area contributed by atoms with E-state index in [9.17, 15) is 13.2 Å². The first-order valence-electron chi connectivity index (χ1n) is 7.56. The summed E-state index contributed by atoms with van der Waals surface area (Å²) in [6.45, 7) is 1.97. The Labute approximate surface area is 143 Å². The van der Waals surface area contributed by atoms with E-state index < -0.39 is 16.0 Å². The molecule has 0 radical (unpaired) electrons. The topological polar surface area (TPSA) is 99.8 Å². The second-order valence-corrected chi connectivity index (χ2v) is 8.49. The number of thiophene rings is 1. The maximum absolute atomic E-state index is 12.4. The van der Waals surface area contributed by atoms with Gasteiger partial charge in [0.25, 0.3) is 0 Å². The van der Waals surface area contributed by atoms with Crippen molar-refractivity contribution in [2.24, 2.45) is 0 Å². The highest BCUT2D eigenvalue weighted by atomic mass is 32.2. The van der Waals surface area contributed by atoms with Crippen molar-refractivity contribution in [3.8, 4) is 0 Å². The van der Waals surface area contributed by atoms with Crippen LogP contribution in [-0.4, -0.2) is 44.0 Å². The number of carboxylic acid groups (broad SMARTS) is 1. The number of furan rings is 1. The average molecular weight is 370 g/mol. The van der Waals surface area contributed by atoms with Crippen molar-refractivity contribution >= 4 is 27.3 Å². The normalized spacial score (nSPS) is 17.2. The van der Waals surface area contributed by atoms with E-state index in [1.807, 2.05) is 6.07 Å². The molecule has 2 N–H and O–H groups in total. The number of carboxylic acids is 1. The van der Waals surface area contributed by atoms with Crippen LogP contribution in [0.25, 0.3) is 0 Å². The number of likely N-dealkylation sites (tertiary alicyclic amines) is 1. The molecule has 130 valence electrons. The number of carbonyl (C=O) groups is 1. The SMILES string of the molecule is O=C(O)c1csc(S(=O)(=O)NCC(c2ccco2)N2CCCC2)c1. The number of sulfonamides is 1. The molecule has 0 saturated carbocycles. The summed E-state index contributed by atoms with van der Waals surface area (Å²) in [6.07, 6.45) is 3.74. The highest BCUT2D eigenvalue weighted by Gasteiger charge is 2.28. The van der Waals surface area contributed by atoms with Crippen LogP contribution >= 0.6 is 11.3 Å². The molecule has 0 aromatic carbocycles. The summed E-state index contributed by atoms with van der Waals surface area (Å²) in [5, 5.41) is 10.2. The van der Waals surface area contributed by atoms with Gasteiger partial charge in [-0.05, 0) is 44.1 Å². The van der Waals surface area contributed by atoms with Crippen LogP contribution in [0.1, 0.15) is 35.0 Å². The van der Waals surface area contributed by atoms with Crippen molar-refractivity contribution < 1.29 is 22.7 Å². The van der Waals surface area contributed by atoms with Gasteiger partial charge in [0, 0.05) is 11.9 Å². The molecule has 1 atom stereocenters.